The summed E-state index contributed by atoms with van der Waals surface area (Å²) in [5.41, 5.74) is 2.08. The van der Waals surface area contributed by atoms with Gasteiger partial charge in [-0.25, -0.2) is 4.98 Å². The number of aromatic nitrogens is 1. The van der Waals surface area contributed by atoms with E-state index in [1.54, 1.807) is 11.3 Å². The topological polar surface area (TPSA) is 43.8 Å². The summed E-state index contributed by atoms with van der Waals surface area (Å²) < 4.78 is 16.6. The number of hydrogen-bond donors (Lipinski definition) is 0. The summed E-state index contributed by atoms with van der Waals surface area (Å²) in [5.74, 6) is 1.63. The highest BCUT2D eigenvalue weighted by Gasteiger charge is 2.15. The van der Waals surface area contributed by atoms with Crippen molar-refractivity contribution in [3.63, 3.8) is 0 Å². The zero-order valence-corrected chi connectivity index (χ0v) is 13.1. The molecular weight excluding hydrogens is 300 g/mol. The molecule has 0 bridgehead atoms. The molecule has 4 rings (SSSR count). The fourth-order valence-corrected chi connectivity index (χ4v) is 3.51. The summed E-state index contributed by atoms with van der Waals surface area (Å²) in [6.07, 6.45) is 0. The van der Waals surface area contributed by atoms with E-state index in [1.165, 1.54) is 0 Å². The van der Waals surface area contributed by atoms with E-state index >= 15 is 0 Å². The van der Waals surface area contributed by atoms with Crippen molar-refractivity contribution in [2.24, 2.45) is 0 Å². The molecule has 0 saturated carbocycles. The molecule has 5 nitrogen and oxygen atoms in total. The van der Waals surface area contributed by atoms with Gasteiger partial charge in [0, 0.05) is 24.0 Å². The Bertz CT molecular complexity index is 653. The first kappa shape index (κ1) is 14.0. The smallest absolute Gasteiger partial charge is 0.162 e. The maximum Gasteiger partial charge on any atom is 0.162 e. The molecule has 0 spiro atoms. The Hall–Kier alpha value is -1.63. The van der Waals surface area contributed by atoms with Gasteiger partial charge in [-0.05, 0) is 18.2 Å². The van der Waals surface area contributed by atoms with E-state index in [9.17, 15) is 0 Å². The molecule has 1 saturated heterocycles. The van der Waals surface area contributed by atoms with Crippen LogP contribution in [0.15, 0.2) is 23.6 Å². The third-order valence-corrected chi connectivity index (χ3v) is 4.69. The lowest BCUT2D eigenvalue weighted by molar-refractivity contribution is 0.0342. The number of rotatable bonds is 3. The molecule has 0 aliphatic carbocycles. The first-order chi connectivity index (χ1) is 10.9. The van der Waals surface area contributed by atoms with Crippen LogP contribution >= 0.6 is 11.3 Å². The predicted molar refractivity (Wildman–Crippen MR) is 84.6 cm³/mol. The highest BCUT2D eigenvalue weighted by atomic mass is 32.1. The lowest BCUT2D eigenvalue weighted by atomic mass is 10.1. The largest absolute Gasteiger partial charge is 0.486 e. The summed E-state index contributed by atoms with van der Waals surface area (Å²) in [6.45, 7) is 5.74. The van der Waals surface area contributed by atoms with Gasteiger partial charge in [0.2, 0.25) is 0 Å². The second kappa shape index (κ2) is 6.24. The van der Waals surface area contributed by atoms with Gasteiger partial charge in [0.05, 0.1) is 25.5 Å². The van der Waals surface area contributed by atoms with Crippen LogP contribution in [-0.2, 0) is 11.3 Å². The van der Waals surface area contributed by atoms with E-state index in [1.807, 2.05) is 18.2 Å². The SMILES string of the molecule is c1cc2c(cc1-c1csc(CN3CCOCC3)n1)OCCO2. The summed E-state index contributed by atoms with van der Waals surface area (Å²) in [4.78, 5) is 7.15. The van der Waals surface area contributed by atoms with Crippen molar-refractivity contribution in [3.05, 3.63) is 28.6 Å². The van der Waals surface area contributed by atoms with E-state index in [4.69, 9.17) is 19.2 Å². The maximum absolute atomic E-state index is 5.64. The van der Waals surface area contributed by atoms with Crippen LogP contribution < -0.4 is 9.47 Å². The molecule has 0 N–H and O–H groups in total. The summed E-state index contributed by atoms with van der Waals surface area (Å²) in [6, 6.07) is 6.02. The van der Waals surface area contributed by atoms with Crippen LogP contribution in [0, 0.1) is 0 Å². The number of morpholine rings is 1. The molecule has 0 amide bonds. The van der Waals surface area contributed by atoms with Crippen molar-refractivity contribution >= 4 is 11.3 Å². The first-order valence-electron chi connectivity index (χ1n) is 7.53. The Morgan fingerprint density at radius 2 is 1.86 bits per heavy atom. The van der Waals surface area contributed by atoms with Crippen LogP contribution in [0.1, 0.15) is 5.01 Å². The summed E-state index contributed by atoms with van der Waals surface area (Å²) in [5, 5.41) is 3.26. The second-order valence-corrected chi connectivity index (χ2v) is 6.32. The highest BCUT2D eigenvalue weighted by molar-refractivity contribution is 7.09. The van der Waals surface area contributed by atoms with E-state index in [2.05, 4.69) is 10.3 Å². The van der Waals surface area contributed by atoms with Crippen molar-refractivity contribution in [2.75, 3.05) is 39.5 Å². The van der Waals surface area contributed by atoms with Gasteiger partial charge in [0.25, 0.3) is 0 Å². The van der Waals surface area contributed by atoms with Crippen LogP contribution in [0.2, 0.25) is 0 Å². The number of hydrogen-bond acceptors (Lipinski definition) is 6. The number of thiazole rings is 1. The van der Waals surface area contributed by atoms with Crippen molar-refractivity contribution in [1.29, 1.82) is 0 Å². The molecule has 1 fully saturated rings. The maximum atomic E-state index is 5.64. The number of fused-ring (bicyclic) bond motifs is 1. The minimum atomic E-state index is 0.607. The fourth-order valence-electron chi connectivity index (χ4n) is 2.67. The van der Waals surface area contributed by atoms with Gasteiger partial charge in [0.15, 0.2) is 11.5 Å². The minimum absolute atomic E-state index is 0.607. The fraction of sp³-hybridized carbons (Fsp3) is 0.438. The third kappa shape index (κ3) is 2.95. The van der Waals surface area contributed by atoms with Crippen LogP contribution in [0.5, 0.6) is 11.5 Å². The Morgan fingerprint density at radius 1 is 1.05 bits per heavy atom. The molecule has 0 unspecified atom stereocenters. The van der Waals surface area contributed by atoms with Gasteiger partial charge in [-0.1, -0.05) is 0 Å². The third-order valence-electron chi connectivity index (χ3n) is 3.85. The molecule has 0 radical (unpaired) electrons. The Morgan fingerprint density at radius 3 is 2.73 bits per heavy atom. The molecule has 1 aromatic carbocycles. The standard InChI is InChI=1S/C16H18N2O3S/c1-2-14-15(21-8-7-20-14)9-12(1)13-11-22-16(17-13)10-18-3-5-19-6-4-18/h1-2,9,11H,3-8,10H2. The molecule has 2 aliphatic heterocycles. The lowest BCUT2D eigenvalue weighted by Crippen LogP contribution is -2.35. The second-order valence-electron chi connectivity index (χ2n) is 5.37. The number of nitrogens with zero attached hydrogens (tertiary/aromatic N) is 2. The van der Waals surface area contributed by atoms with Gasteiger partial charge >= 0.3 is 0 Å². The van der Waals surface area contributed by atoms with Gasteiger partial charge in [0.1, 0.15) is 18.2 Å². The highest BCUT2D eigenvalue weighted by Crippen LogP contribution is 2.34. The summed E-state index contributed by atoms with van der Waals surface area (Å²) >= 11 is 1.71. The van der Waals surface area contributed by atoms with Gasteiger partial charge in [-0.3, -0.25) is 4.90 Å². The lowest BCUT2D eigenvalue weighted by Gasteiger charge is -2.25. The molecule has 22 heavy (non-hydrogen) atoms. The quantitative estimate of drug-likeness (QED) is 0.869. The van der Waals surface area contributed by atoms with Gasteiger partial charge in [-0.2, -0.15) is 0 Å². The van der Waals surface area contributed by atoms with Crippen LogP contribution in [0.4, 0.5) is 0 Å². The van der Waals surface area contributed by atoms with Crippen LogP contribution in [-0.4, -0.2) is 49.4 Å². The molecule has 3 heterocycles. The number of benzene rings is 1. The van der Waals surface area contributed by atoms with Crippen molar-refractivity contribution in [1.82, 2.24) is 9.88 Å². The zero-order chi connectivity index (χ0) is 14.8. The first-order valence-corrected chi connectivity index (χ1v) is 8.41. The Labute approximate surface area is 133 Å². The molecule has 6 heteroatoms. The Balaban J connectivity index is 1.51. The van der Waals surface area contributed by atoms with E-state index in [-0.39, 0.29) is 0 Å². The zero-order valence-electron chi connectivity index (χ0n) is 12.3. The average Bonchev–Trinajstić information content (AvgIpc) is 3.04. The monoisotopic (exact) mass is 318 g/mol. The van der Waals surface area contributed by atoms with E-state index in [0.717, 1.165) is 60.6 Å². The van der Waals surface area contributed by atoms with Crippen molar-refractivity contribution in [3.8, 4) is 22.8 Å². The van der Waals surface area contributed by atoms with Gasteiger partial charge in [-0.15, -0.1) is 11.3 Å². The molecule has 2 aromatic rings. The minimum Gasteiger partial charge on any atom is -0.486 e. The summed E-state index contributed by atoms with van der Waals surface area (Å²) in [7, 11) is 0. The van der Waals surface area contributed by atoms with Gasteiger partial charge < -0.3 is 14.2 Å². The molecule has 0 atom stereocenters. The average molecular weight is 318 g/mol. The normalized spacial score (nSPS) is 18.4. The van der Waals surface area contributed by atoms with E-state index in [0.29, 0.717) is 13.2 Å². The molecular formula is C16H18N2O3S. The van der Waals surface area contributed by atoms with Crippen LogP contribution in [0.25, 0.3) is 11.3 Å². The Kier molecular flexibility index (Phi) is 3.97. The van der Waals surface area contributed by atoms with Crippen LogP contribution in [0.3, 0.4) is 0 Å². The number of ether oxygens (including phenoxy) is 3. The van der Waals surface area contributed by atoms with E-state index < -0.39 is 0 Å². The predicted octanol–water partition coefficient (Wildman–Crippen LogP) is 2.41. The molecule has 116 valence electrons. The van der Waals surface area contributed by atoms with Crippen molar-refractivity contribution < 1.29 is 14.2 Å². The molecule has 1 aromatic heterocycles. The van der Waals surface area contributed by atoms with Crippen molar-refractivity contribution in [2.45, 2.75) is 6.54 Å². The molecule has 2 aliphatic rings.